The SMILES string of the molecule is CC.Cc1[nH]c(=O)[nH]c1O. The molecule has 0 aliphatic carbocycles. The fourth-order valence-corrected chi connectivity index (χ4v) is 0.462. The van der Waals surface area contributed by atoms with Crippen LogP contribution >= 0.6 is 0 Å². The van der Waals surface area contributed by atoms with Gasteiger partial charge in [-0.2, -0.15) is 0 Å². The molecular formula is C6H12N2O2. The molecule has 1 aromatic heterocycles. The molecule has 4 heteroatoms. The van der Waals surface area contributed by atoms with Gasteiger partial charge in [0.05, 0.1) is 5.69 Å². The Morgan fingerprint density at radius 2 is 1.80 bits per heavy atom. The number of aromatic amines is 2. The van der Waals surface area contributed by atoms with Crippen molar-refractivity contribution in [1.29, 1.82) is 0 Å². The summed E-state index contributed by atoms with van der Waals surface area (Å²) in [6.07, 6.45) is 0. The van der Waals surface area contributed by atoms with Gasteiger partial charge in [0, 0.05) is 0 Å². The van der Waals surface area contributed by atoms with Crippen LogP contribution in [0.15, 0.2) is 4.79 Å². The first-order valence-corrected chi connectivity index (χ1v) is 3.18. The van der Waals surface area contributed by atoms with Crippen LogP contribution < -0.4 is 5.69 Å². The van der Waals surface area contributed by atoms with Crippen LogP contribution in [0.25, 0.3) is 0 Å². The molecule has 0 saturated heterocycles. The molecule has 0 amide bonds. The monoisotopic (exact) mass is 144 g/mol. The lowest BCUT2D eigenvalue weighted by atomic mass is 10.5. The number of aryl methyl sites for hydroxylation is 1. The number of hydrogen-bond donors (Lipinski definition) is 3. The Morgan fingerprint density at radius 3 is 1.90 bits per heavy atom. The highest BCUT2D eigenvalue weighted by molar-refractivity contribution is 5.12. The van der Waals surface area contributed by atoms with Crippen LogP contribution in [-0.4, -0.2) is 15.1 Å². The van der Waals surface area contributed by atoms with E-state index in [1.165, 1.54) is 0 Å². The van der Waals surface area contributed by atoms with Crippen molar-refractivity contribution in [2.75, 3.05) is 0 Å². The molecule has 0 saturated carbocycles. The highest BCUT2D eigenvalue weighted by Gasteiger charge is 1.95. The van der Waals surface area contributed by atoms with Crippen molar-refractivity contribution in [3.63, 3.8) is 0 Å². The van der Waals surface area contributed by atoms with Gasteiger partial charge in [0.15, 0.2) is 0 Å². The third kappa shape index (κ3) is 1.97. The van der Waals surface area contributed by atoms with E-state index in [1.54, 1.807) is 6.92 Å². The molecule has 0 aromatic carbocycles. The summed E-state index contributed by atoms with van der Waals surface area (Å²) in [5, 5.41) is 8.65. The molecule has 58 valence electrons. The summed E-state index contributed by atoms with van der Waals surface area (Å²) in [5.74, 6) is -0.0880. The summed E-state index contributed by atoms with van der Waals surface area (Å²) in [6.45, 7) is 5.60. The first-order valence-electron chi connectivity index (χ1n) is 3.18. The number of rotatable bonds is 0. The molecule has 1 aromatic rings. The zero-order valence-corrected chi connectivity index (χ0v) is 6.36. The van der Waals surface area contributed by atoms with Gasteiger partial charge in [-0.05, 0) is 6.92 Å². The predicted octanol–water partition coefficient (Wildman–Crippen LogP) is 0.743. The maximum absolute atomic E-state index is 10.2. The number of hydrogen-bond acceptors (Lipinski definition) is 2. The molecule has 0 unspecified atom stereocenters. The minimum Gasteiger partial charge on any atom is -0.493 e. The second-order valence-electron chi connectivity index (χ2n) is 1.55. The second kappa shape index (κ2) is 3.76. The normalized spacial score (nSPS) is 8.30. The van der Waals surface area contributed by atoms with E-state index in [0.717, 1.165) is 0 Å². The minimum atomic E-state index is -0.375. The first-order chi connectivity index (χ1) is 4.70. The Morgan fingerprint density at radius 1 is 1.30 bits per heavy atom. The van der Waals surface area contributed by atoms with Crippen LogP contribution in [0.2, 0.25) is 0 Å². The molecule has 0 spiro atoms. The van der Waals surface area contributed by atoms with Gasteiger partial charge in [-0.3, -0.25) is 4.98 Å². The van der Waals surface area contributed by atoms with Crippen molar-refractivity contribution in [3.8, 4) is 5.88 Å². The maximum atomic E-state index is 10.2. The topological polar surface area (TPSA) is 68.9 Å². The lowest BCUT2D eigenvalue weighted by Crippen LogP contribution is -1.99. The van der Waals surface area contributed by atoms with Crippen LogP contribution in [-0.2, 0) is 0 Å². The molecule has 1 heterocycles. The molecule has 4 nitrogen and oxygen atoms in total. The van der Waals surface area contributed by atoms with Crippen molar-refractivity contribution < 1.29 is 5.11 Å². The van der Waals surface area contributed by atoms with Gasteiger partial charge in [0.2, 0.25) is 5.88 Å². The fraction of sp³-hybridized carbons (Fsp3) is 0.500. The largest absolute Gasteiger partial charge is 0.493 e. The van der Waals surface area contributed by atoms with Gasteiger partial charge in [-0.1, -0.05) is 13.8 Å². The molecule has 0 atom stereocenters. The van der Waals surface area contributed by atoms with Gasteiger partial charge in [0.25, 0.3) is 0 Å². The Labute approximate surface area is 58.9 Å². The van der Waals surface area contributed by atoms with E-state index < -0.39 is 0 Å². The summed E-state index contributed by atoms with van der Waals surface area (Å²) in [4.78, 5) is 14.7. The highest BCUT2D eigenvalue weighted by Crippen LogP contribution is 2.02. The lowest BCUT2D eigenvalue weighted by Gasteiger charge is -1.79. The summed E-state index contributed by atoms with van der Waals surface area (Å²) in [6, 6.07) is 0. The van der Waals surface area contributed by atoms with Gasteiger partial charge in [-0.15, -0.1) is 0 Å². The van der Waals surface area contributed by atoms with Crippen LogP contribution in [0.4, 0.5) is 0 Å². The summed E-state index contributed by atoms with van der Waals surface area (Å²) in [5.41, 5.74) is 0.0926. The van der Waals surface area contributed by atoms with Crippen LogP contribution in [0, 0.1) is 6.92 Å². The van der Waals surface area contributed by atoms with Crippen molar-refractivity contribution in [2.45, 2.75) is 20.8 Å². The van der Waals surface area contributed by atoms with Crippen LogP contribution in [0.3, 0.4) is 0 Å². The number of imidazole rings is 1. The van der Waals surface area contributed by atoms with Gasteiger partial charge in [0.1, 0.15) is 0 Å². The van der Waals surface area contributed by atoms with Crippen LogP contribution in [0.1, 0.15) is 19.5 Å². The van der Waals surface area contributed by atoms with Gasteiger partial charge in [-0.25, -0.2) is 4.79 Å². The molecule has 0 bridgehead atoms. The van der Waals surface area contributed by atoms with Crippen LogP contribution in [0.5, 0.6) is 5.88 Å². The molecule has 10 heavy (non-hydrogen) atoms. The Bertz CT molecular complexity index is 214. The van der Waals surface area contributed by atoms with E-state index in [2.05, 4.69) is 9.97 Å². The quantitative estimate of drug-likeness (QED) is 0.502. The fourth-order valence-electron chi connectivity index (χ4n) is 0.462. The summed E-state index contributed by atoms with van der Waals surface area (Å²) in [7, 11) is 0. The molecular weight excluding hydrogens is 132 g/mol. The number of nitrogens with one attached hydrogen (secondary N) is 2. The van der Waals surface area contributed by atoms with Crippen molar-refractivity contribution in [3.05, 3.63) is 16.2 Å². The number of aromatic hydroxyl groups is 1. The maximum Gasteiger partial charge on any atom is 0.325 e. The van der Waals surface area contributed by atoms with Gasteiger partial charge < -0.3 is 10.1 Å². The Balaban J connectivity index is 0.000000371. The van der Waals surface area contributed by atoms with Crippen molar-refractivity contribution in [1.82, 2.24) is 9.97 Å². The number of aromatic nitrogens is 2. The predicted molar refractivity (Wildman–Crippen MR) is 39.2 cm³/mol. The lowest BCUT2D eigenvalue weighted by molar-refractivity contribution is 0.451. The standard InChI is InChI=1S/C4H6N2O2.C2H6/c1-2-3(7)6-4(8)5-2;1-2/h7H,1H3,(H2,5,6,8);1-2H3. The van der Waals surface area contributed by atoms with E-state index in [9.17, 15) is 4.79 Å². The average Bonchev–Trinajstić information content (AvgIpc) is 2.16. The zero-order chi connectivity index (χ0) is 8.15. The van der Waals surface area contributed by atoms with Crippen molar-refractivity contribution in [2.24, 2.45) is 0 Å². The Hall–Kier alpha value is -1.19. The smallest absolute Gasteiger partial charge is 0.325 e. The molecule has 1 rings (SSSR count). The molecule has 0 aliphatic rings. The highest BCUT2D eigenvalue weighted by atomic mass is 16.3. The third-order valence-corrected chi connectivity index (χ3v) is 0.888. The average molecular weight is 144 g/mol. The molecule has 0 fully saturated rings. The van der Waals surface area contributed by atoms with E-state index >= 15 is 0 Å². The molecule has 0 radical (unpaired) electrons. The second-order valence-corrected chi connectivity index (χ2v) is 1.55. The van der Waals surface area contributed by atoms with E-state index in [-0.39, 0.29) is 11.6 Å². The minimum absolute atomic E-state index is 0.0880. The molecule has 0 aliphatic heterocycles. The van der Waals surface area contributed by atoms with E-state index in [4.69, 9.17) is 5.11 Å². The summed E-state index contributed by atoms with van der Waals surface area (Å²) < 4.78 is 0. The van der Waals surface area contributed by atoms with E-state index in [0.29, 0.717) is 5.69 Å². The summed E-state index contributed by atoms with van der Waals surface area (Å²) >= 11 is 0. The van der Waals surface area contributed by atoms with Gasteiger partial charge >= 0.3 is 5.69 Å². The van der Waals surface area contributed by atoms with Crippen molar-refractivity contribution >= 4 is 0 Å². The first kappa shape index (κ1) is 8.81. The van der Waals surface area contributed by atoms with E-state index in [1.807, 2.05) is 13.8 Å². The Kier molecular flexibility index (Phi) is 3.32. The zero-order valence-electron chi connectivity index (χ0n) is 6.36. The molecule has 3 N–H and O–H groups in total. The third-order valence-electron chi connectivity index (χ3n) is 0.888. The number of H-pyrrole nitrogens is 2.